The summed E-state index contributed by atoms with van der Waals surface area (Å²) >= 11 is 0. The van der Waals surface area contributed by atoms with Crippen molar-refractivity contribution in [1.29, 1.82) is 0 Å². The first-order valence-electron chi connectivity index (χ1n) is 14.6. The minimum atomic E-state index is -0.688. The Kier molecular flexibility index (Phi) is 8.11. The summed E-state index contributed by atoms with van der Waals surface area (Å²) in [5, 5.41) is 5.68. The van der Waals surface area contributed by atoms with Gasteiger partial charge in [-0.15, -0.1) is 5.92 Å². The number of benzene rings is 1. The van der Waals surface area contributed by atoms with Gasteiger partial charge in [0, 0.05) is 37.4 Å². The molecular formula is C31H37N7O6. The van der Waals surface area contributed by atoms with Gasteiger partial charge >= 0.3 is 11.8 Å². The van der Waals surface area contributed by atoms with E-state index in [1.807, 2.05) is 4.90 Å². The van der Waals surface area contributed by atoms with Gasteiger partial charge < -0.3 is 20.3 Å². The van der Waals surface area contributed by atoms with Crippen molar-refractivity contribution in [3.63, 3.8) is 0 Å². The summed E-state index contributed by atoms with van der Waals surface area (Å²) in [5.41, 5.74) is -0.291. The summed E-state index contributed by atoms with van der Waals surface area (Å²) < 4.78 is 9.25. The average molecular weight is 604 g/mol. The molecule has 13 nitrogen and oxygen atoms in total. The minimum Gasteiger partial charge on any atom is -0.444 e. The Morgan fingerprint density at radius 1 is 1.18 bits per heavy atom. The number of imidazole rings is 1. The van der Waals surface area contributed by atoms with Gasteiger partial charge in [-0.25, -0.2) is 9.59 Å². The Balaban J connectivity index is 1.53. The third kappa shape index (κ3) is 5.71. The molecule has 3 aromatic rings. The lowest BCUT2D eigenvalue weighted by Gasteiger charge is -2.34. The zero-order chi connectivity index (χ0) is 31.9. The number of anilines is 2. The van der Waals surface area contributed by atoms with Crippen LogP contribution in [0, 0.1) is 11.8 Å². The van der Waals surface area contributed by atoms with Crippen molar-refractivity contribution in [2.45, 2.75) is 78.1 Å². The molecule has 232 valence electrons. The first-order chi connectivity index (χ1) is 20.8. The molecule has 2 aliphatic rings. The van der Waals surface area contributed by atoms with Crippen molar-refractivity contribution in [1.82, 2.24) is 24.0 Å². The molecular weight excluding hydrogens is 566 g/mol. The molecule has 44 heavy (non-hydrogen) atoms. The van der Waals surface area contributed by atoms with Gasteiger partial charge in [0.05, 0.1) is 19.0 Å². The van der Waals surface area contributed by atoms with Crippen molar-refractivity contribution in [2.75, 3.05) is 23.3 Å². The third-order valence-corrected chi connectivity index (χ3v) is 7.84. The molecule has 5 rings (SSSR count). The zero-order valence-electron chi connectivity index (χ0n) is 25.8. The van der Waals surface area contributed by atoms with Gasteiger partial charge in [-0.1, -0.05) is 18.1 Å². The van der Waals surface area contributed by atoms with E-state index in [4.69, 9.17) is 9.72 Å². The molecule has 1 unspecified atom stereocenters. The van der Waals surface area contributed by atoms with Gasteiger partial charge in [-0.3, -0.25) is 28.1 Å². The van der Waals surface area contributed by atoms with Gasteiger partial charge in [0.1, 0.15) is 5.60 Å². The number of ether oxygens (including phenoxy) is 1. The number of rotatable bonds is 6. The Bertz CT molecular complexity index is 1850. The second-order valence-electron chi connectivity index (χ2n) is 12.2. The highest BCUT2D eigenvalue weighted by atomic mass is 16.6. The number of ketones is 1. The highest BCUT2D eigenvalue weighted by Gasteiger charge is 2.32. The largest absolute Gasteiger partial charge is 0.444 e. The maximum absolute atomic E-state index is 14.0. The molecule has 2 atom stereocenters. The lowest BCUT2D eigenvalue weighted by molar-refractivity contribution is -0.116. The van der Waals surface area contributed by atoms with Crippen LogP contribution >= 0.6 is 0 Å². The van der Waals surface area contributed by atoms with E-state index in [0.717, 1.165) is 17.4 Å². The summed E-state index contributed by atoms with van der Waals surface area (Å²) in [6.07, 6.45) is 0.974. The molecule has 4 heterocycles. The number of hydrogen-bond donors (Lipinski definition) is 2. The molecule has 2 aromatic heterocycles. The first-order valence-corrected chi connectivity index (χ1v) is 14.6. The molecule has 2 N–H and O–H groups in total. The molecule has 0 spiro atoms. The predicted molar refractivity (Wildman–Crippen MR) is 165 cm³/mol. The van der Waals surface area contributed by atoms with Crippen LogP contribution in [0.4, 0.5) is 16.4 Å². The quantitative estimate of drug-likeness (QED) is 0.322. The van der Waals surface area contributed by atoms with Crippen molar-refractivity contribution in [3.05, 3.63) is 50.2 Å². The van der Waals surface area contributed by atoms with Crippen LogP contribution in [0.3, 0.4) is 0 Å². The fraction of sp³-hybridized carbons (Fsp3) is 0.484. The van der Waals surface area contributed by atoms with E-state index in [9.17, 15) is 24.0 Å². The van der Waals surface area contributed by atoms with Crippen molar-refractivity contribution >= 4 is 40.6 Å². The Morgan fingerprint density at radius 2 is 1.93 bits per heavy atom. The number of aromatic nitrogens is 4. The van der Waals surface area contributed by atoms with Crippen LogP contribution < -0.4 is 26.8 Å². The Morgan fingerprint density at radius 3 is 2.64 bits per heavy atom. The van der Waals surface area contributed by atoms with Gasteiger partial charge in [-0.05, 0) is 59.1 Å². The second-order valence-corrected chi connectivity index (χ2v) is 12.2. The van der Waals surface area contributed by atoms with Crippen molar-refractivity contribution < 1.29 is 19.1 Å². The van der Waals surface area contributed by atoms with E-state index in [-0.39, 0.29) is 35.2 Å². The fourth-order valence-corrected chi connectivity index (χ4v) is 5.78. The summed E-state index contributed by atoms with van der Waals surface area (Å²) in [7, 11) is 1.51. The lowest BCUT2D eigenvalue weighted by atomic mass is 9.94. The van der Waals surface area contributed by atoms with Crippen LogP contribution in [0.25, 0.3) is 11.2 Å². The normalized spacial score (nSPS) is 18.0. The number of nitrogens with one attached hydrogen (secondary N) is 2. The number of carbonyl (C=O) groups is 3. The van der Waals surface area contributed by atoms with E-state index in [0.29, 0.717) is 30.3 Å². The topological polar surface area (TPSA) is 150 Å². The minimum absolute atomic E-state index is 0.127. The van der Waals surface area contributed by atoms with Crippen LogP contribution in [-0.2, 0) is 29.7 Å². The van der Waals surface area contributed by atoms with E-state index < -0.39 is 41.2 Å². The first kappa shape index (κ1) is 30.6. The Hall–Kier alpha value is -4.86. The van der Waals surface area contributed by atoms with E-state index in [1.165, 1.54) is 11.6 Å². The third-order valence-electron chi connectivity index (χ3n) is 7.84. The smallest absolute Gasteiger partial charge is 0.407 e. The van der Waals surface area contributed by atoms with Gasteiger partial charge in [0.15, 0.2) is 16.9 Å². The van der Waals surface area contributed by atoms with Crippen LogP contribution in [0.1, 0.15) is 69.3 Å². The molecule has 13 heteroatoms. The van der Waals surface area contributed by atoms with E-state index in [2.05, 4.69) is 22.5 Å². The van der Waals surface area contributed by atoms with Crippen LogP contribution in [-0.4, -0.2) is 61.2 Å². The fourth-order valence-electron chi connectivity index (χ4n) is 5.78. The highest BCUT2D eigenvalue weighted by Crippen LogP contribution is 2.35. The summed E-state index contributed by atoms with van der Waals surface area (Å²) in [6, 6.07) is 4.75. The van der Waals surface area contributed by atoms with Crippen molar-refractivity contribution in [3.8, 4) is 11.8 Å². The zero-order valence-corrected chi connectivity index (χ0v) is 25.8. The van der Waals surface area contributed by atoms with Gasteiger partial charge in [0.2, 0.25) is 11.9 Å². The molecule has 1 saturated heterocycles. The monoisotopic (exact) mass is 603 g/mol. The number of carbonyl (C=O) groups excluding carboxylic acids is 3. The van der Waals surface area contributed by atoms with Gasteiger partial charge in [0.25, 0.3) is 5.56 Å². The molecule has 1 fully saturated rings. The molecule has 0 bridgehead atoms. The average Bonchev–Trinajstić information content (AvgIpc) is 3.49. The highest BCUT2D eigenvalue weighted by molar-refractivity contribution is 6.08. The number of piperidine rings is 1. The van der Waals surface area contributed by atoms with E-state index in [1.54, 1.807) is 57.4 Å². The van der Waals surface area contributed by atoms with Crippen LogP contribution in [0.5, 0.6) is 0 Å². The Labute approximate surface area is 254 Å². The number of nitrogens with zero attached hydrogens (tertiary/aromatic N) is 5. The number of alkyl carbamates (subject to hydrolysis) is 1. The molecule has 0 saturated carbocycles. The standard InChI is InChI=1S/C31H37N7O6/c1-7-8-15-37-24-25(34-28(37)36-14-10-11-19(16-36)32-29(42)44-31(3,4)5)35(6)30(43)38(27(24)41)17-22(39)20-12-9-13-21-23(20)18(2)26(40)33-21/h9,12-13,18-19H,10-11,14-17H2,1-6H3,(H,32,42)(H,33,40)/t18?,19-/m1/s1. The van der Waals surface area contributed by atoms with Crippen molar-refractivity contribution in [2.24, 2.45) is 7.05 Å². The second kappa shape index (κ2) is 11.7. The number of fused-ring (bicyclic) bond motifs is 2. The van der Waals surface area contributed by atoms with E-state index >= 15 is 0 Å². The number of amides is 2. The predicted octanol–water partition coefficient (Wildman–Crippen LogP) is 2.35. The molecule has 1 aromatic carbocycles. The molecule has 2 aliphatic heterocycles. The lowest BCUT2D eigenvalue weighted by Crippen LogP contribution is -2.49. The number of aryl methyl sites for hydroxylation is 1. The maximum Gasteiger partial charge on any atom is 0.407 e. The number of hydrogen-bond acceptors (Lipinski definition) is 8. The van der Waals surface area contributed by atoms with Gasteiger partial charge in [-0.2, -0.15) is 4.98 Å². The SMILES string of the molecule is CC#CCn1c(N2CCC[C@@H](NC(=O)OC(C)(C)C)C2)nc2c1c(=O)n(CC(=O)c1cccc3c1C(C)C(=O)N3)c(=O)n2C. The molecule has 0 aliphatic carbocycles. The summed E-state index contributed by atoms with van der Waals surface area (Å²) in [4.78, 5) is 72.4. The van der Waals surface area contributed by atoms with Crippen LogP contribution in [0.15, 0.2) is 27.8 Å². The molecule has 2 amide bonds. The molecule has 0 radical (unpaired) electrons. The maximum atomic E-state index is 14.0. The number of Topliss-reactive ketones (excluding diaryl/α,β-unsaturated/α-hetero) is 1. The summed E-state index contributed by atoms with van der Waals surface area (Å²) in [5.74, 6) is 5.06. The van der Waals surface area contributed by atoms with Crippen LogP contribution in [0.2, 0.25) is 0 Å². The summed E-state index contributed by atoms with van der Waals surface area (Å²) in [6.45, 7) is 9.43.